The van der Waals surface area contributed by atoms with E-state index in [9.17, 15) is 18.0 Å². The van der Waals surface area contributed by atoms with Crippen molar-refractivity contribution in [3.63, 3.8) is 0 Å². The Bertz CT molecular complexity index is 458. The van der Waals surface area contributed by atoms with E-state index in [0.29, 0.717) is 0 Å². The number of benzene rings is 1. The molecule has 0 bridgehead atoms. The lowest BCUT2D eigenvalue weighted by molar-refractivity contribution is -0.175. The van der Waals surface area contributed by atoms with Gasteiger partial charge in [-0.3, -0.25) is 4.79 Å². The number of amides is 1. The summed E-state index contributed by atoms with van der Waals surface area (Å²) in [6, 6.07) is 9.34. The third kappa shape index (κ3) is 5.75. The van der Waals surface area contributed by atoms with Crippen molar-refractivity contribution < 1.29 is 22.7 Å². The molecule has 1 aromatic rings. The Morgan fingerprint density at radius 2 is 1.81 bits per heavy atom. The van der Waals surface area contributed by atoms with Crippen LogP contribution in [0.1, 0.15) is 26.3 Å². The van der Waals surface area contributed by atoms with Gasteiger partial charge < -0.3 is 10.1 Å². The van der Waals surface area contributed by atoms with Crippen LogP contribution in [0.4, 0.5) is 13.2 Å². The topological polar surface area (TPSA) is 38.3 Å². The summed E-state index contributed by atoms with van der Waals surface area (Å²) in [7, 11) is 0. The number of carbonyl (C=O) groups excluding carboxylic acids is 1. The molecule has 0 aliphatic heterocycles. The van der Waals surface area contributed by atoms with Gasteiger partial charge in [0.25, 0.3) is 0 Å². The molecule has 3 nitrogen and oxygen atoms in total. The molecule has 0 fully saturated rings. The fourth-order valence-electron chi connectivity index (χ4n) is 1.84. The van der Waals surface area contributed by atoms with Crippen molar-refractivity contribution >= 4 is 5.91 Å². The summed E-state index contributed by atoms with van der Waals surface area (Å²) >= 11 is 0. The molecule has 0 spiro atoms. The zero-order chi connectivity index (χ0) is 16.1. The van der Waals surface area contributed by atoms with Gasteiger partial charge >= 0.3 is 6.18 Å². The smallest absolute Gasteiger partial charge is 0.362 e. The van der Waals surface area contributed by atoms with Gasteiger partial charge in [0.05, 0.1) is 0 Å². The van der Waals surface area contributed by atoms with Crippen LogP contribution in [0.3, 0.4) is 0 Å². The molecule has 0 heterocycles. The lowest BCUT2D eigenvalue weighted by Crippen LogP contribution is -2.46. The molecule has 1 amide bonds. The van der Waals surface area contributed by atoms with E-state index in [1.54, 1.807) is 0 Å². The summed E-state index contributed by atoms with van der Waals surface area (Å²) in [5, 5.41) is 2.67. The van der Waals surface area contributed by atoms with E-state index in [2.05, 4.69) is 10.1 Å². The molecule has 0 aliphatic carbocycles. The molecule has 21 heavy (non-hydrogen) atoms. The molecule has 1 atom stereocenters. The highest BCUT2D eigenvalue weighted by Crippen LogP contribution is 2.26. The lowest BCUT2D eigenvalue weighted by atomic mass is 9.78. The van der Waals surface area contributed by atoms with E-state index in [0.717, 1.165) is 5.56 Å². The Balaban J connectivity index is 2.52. The van der Waals surface area contributed by atoms with Crippen LogP contribution in [-0.4, -0.2) is 31.3 Å². The number of alkyl halides is 3. The van der Waals surface area contributed by atoms with Crippen LogP contribution in [0.2, 0.25) is 0 Å². The van der Waals surface area contributed by atoms with E-state index in [-0.39, 0.29) is 11.5 Å². The first-order chi connectivity index (χ1) is 9.63. The van der Waals surface area contributed by atoms with Gasteiger partial charge in [0.2, 0.25) is 5.91 Å². The fraction of sp³-hybridized carbons (Fsp3) is 0.533. The minimum absolute atomic E-state index is 0.248. The molecular formula is C15H20F3NO2. The van der Waals surface area contributed by atoms with Crippen molar-refractivity contribution in [2.24, 2.45) is 0 Å². The highest BCUT2D eigenvalue weighted by molar-refractivity contribution is 5.77. The van der Waals surface area contributed by atoms with Crippen molar-refractivity contribution in [3.05, 3.63) is 35.9 Å². The largest absolute Gasteiger partial charge is 0.411 e. The second-order valence-corrected chi connectivity index (χ2v) is 5.48. The Kier molecular flexibility index (Phi) is 5.78. The SMILES string of the molecule is CC(NC(=O)COCC(F)(F)F)C(C)(C)c1ccccc1. The van der Waals surface area contributed by atoms with Crippen molar-refractivity contribution in [3.8, 4) is 0 Å². The van der Waals surface area contributed by atoms with E-state index < -0.39 is 25.3 Å². The summed E-state index contributed by atoms with van der Waals surface area (Å²) in [6.07, 6.45) is -4.42. The predicted molar refractivity (Wildman–Crippen MR) is 73.9 cm³/mol. The third-order valence-electron chi connectivity index (χ3n) is 3.48. The van der Waals surface area contributed by atoms with Crippen LogP contribution < -0.4 is 5.32 Å². The Morgan fingerprint density at radius 3 is 2.33 bits per heavy atom. The number of halogens is 3. The molecule has 1 rings (SSSR count). The van der Waals surface area contributed by atoms with Crippen molar-refractivity contribution in [2.45, 2.75) is 38.4 Å². The van der Waals surface area contributed by atoms with Gasteiger partial charge in [-0.1, -0.05) is 44.2 Å². The van der Waals surface area contributed by atoms with Crippen LogP contribution in [0.5, 0.6) is 0 Å². The van der Waals surface area contributed by atoms with E-state index in [1.165, 1.54) is 0 Å². The van der Waals surface area contributed by atoms with E-state index >= 15 is 0 Å². The molecule has 0 saturated heterocycles. The van der Waals surface area contributed by atoms with Gasteiger partial charge in [0.15, 0.2) is 0 Å². The summed E-state index contributed by atoms with van der Waals surface area (Å²) in [5.74, 6) is -0.559. The van der Waals surface area contributed by atoms with Crippen LogP contribution in [0.15, 0.2) is 30.3 Å². The Labute approximate surface area is 122 Å². The summed E-state index contributed by atoms with van der Waals surface area (Å²) in [6.45, 7) is 3.72. The number of carbonyl (C=O) groups is 1. The van der Waals surface area contributed by atoms with Gasteiger partial charge in [-0.05, 0) is 12.5 Å². The van der Waals surface area contributed by atoms with Gasteiger partial charge in [-0.2, -0.15) is 13.2 Å². The average Bonchev–Trinajstić information content (AvgIpc) is 2.38. The van der Waals surface area contributed by atoms with Gasteiger partial charge in [-0.15, -0.1) is 0 Å². The van der Waals surface area contributed by atoms with Gasteiger partial charge in [0, 0.05) is 11.5 Å². The second-order valence-electron chi connectivity index (χ2n) is 5.48. The van der Waals surface area contributed by atoms with Crippen molar-refractivity contribution in [1.82, 2.24) is 5.32 Å². The number of ether oxygens (including phenoxy) is 1. The minimum atomic E-state index is -4.42. The first-order valence-corrected chi connectivity index (χ1v) is 6.62. The monoisotopic (exact) mass is 303 g/mol. The van der Waals surface area contributed by atoms with E-state index in [1.807, 2.05) is 51.1 Å². The molecule has 1 aromatic carbocycles. The fourth-order valence-corrected chi connectivity index (χ4v) is 1.84. The molecule has 0 saturated carbocycles. The van der Waals surface area contributed by atoms with Crippen molar-refractivity contribution in [2.75, 3.05) is 13.2 Å². The molecule has 0 aliphatic rings. The number of hydrogen-bond donors (Lipinski definition) is 1. The average molecular weight is 303 g/mol. The summed E-state index contributed by atoms with van der Waals surface area (Å²) < 4.78 is 40.1. The Morgan fingerprint density at radius 1 is 1.24 bits per heavy atom. The first-order valence-electron chi connectivity index (χ1n) is 6.62. The Hall–Kier alpha value is -1.56. The maximum Gasteiger partial charge on any atom is 0.411 e. The van der Waals surface area contributed by atoms with Crippen LogP contribution in [0, 0.1) is 0 Å². The van der Waals surface area contributed by atoms with Crippen molar-refractivity contribution in [1.29, 1.82) is 0 Å². The maximum atomic E-state index is 11.9. The normalized spacial score (nSPS) is 13.8. The number of nitrogens with one attached hydrogen (secondary N) is 1. The van der Waals surface area contributed by atoms with Gasteiger partial charge in [-0.25, -0.2) is 0 Å². The summed E-state index contributed by atoms with van der Waals surface area (Å²) in [5.41, 5.74) is 0.690. The number of hydrogen-bond acceptors (Lipinski definition) is 2. The molecule has 6 heteroatoms. The standard InChI is InChI=1S/C15H20F3NO2/c1-11(14(2,3)12-7-5-4-6-8-12)19-13(20)9-21-10-15(16,17)18/h4-8,11H,9-10H2,1-3H3,(H,19,20). The maximum absolute atomic E-state index is 11.9. The zero-order valence-electron chi connectivity index (χ0n) is 12.3. The summed E-state index contributed by atoms with van der Waals surface area (Å²) in [4.78, 5) is 11.6. The zero-order valence-corrected chi connectivity index (χ0v) is 12.3. The van der Waals surface area contributed by atoms with Crippen LogP contribution >= 0.6 is 0 Å². The highest BCUT2D eigenvalue weighted by Gasteiger charge is 2.30. The molecular weight excluding hydrogens is 283 g/mol. The molecule has 1 N–H and O–H groups in total. The molecule has 0 aromatic heterocycles. The predicted octanol–water partition coefficient (Wildman–Crippen LogP) is 3.05. The first kappa shape index (κ1) is 17.5. The van der Waals surface area contributed by atoms with Crippen LogP contribution in [-0.2, 0) is 14.9 Å². The highest BCUT2D eigenvalue weighted by atomic mass is 19.4. The van der Waals surface area contributed by atoms with E-state index in [4.69, 9.17) is 0 Å². The molecule has 0 radical (unpaired) electrons. The quantitative estimate of drug-likeness (QED) is 0.877. The molecule has 1 unspecified atom stereocenters. The minimum Gasteiger partial charge on any atom is -0.362 e. The third-order valence-corrected chi connectivity index (χ3v) is 3.48. The lowest BCUT2D eigenvalue weighted by Gasteiger charge is -2.33. The number of rotatable bonds is 6. The second kappa shape index (κ2) is 6.93. The van der Waals surface area contributed by atoms with Crippen LogP contribution in [0.25, 0.3) is 0 Å². The van der Waals surface area contributed by atoms with Gasteiger partial charge in [0.1, 0.15) is 13.2 Å². The molecule has 118 valence electrons.